The van der Waals surface area contributed by atoms with Crippen molar-refractivity contribution >= 4 is 34.7 Å². The van der Waals surface area contributed by atoms with Crippen molar-refractivity contribution in [3.63, 3.8) is 0 Å². The van der Waals surface area contributed by atoms with Crippen molar-refractivity contribution in [2.45, 2.75) is 4.90 Å². The van der Waals surface area contributed by atoms with E-state index < -0.39 is 0 Å². The minimum Gasteiger partial charge on any atom is -0.295 e. The first-order chi connectivity index (χ1) is 11.1. The summed E-state index contributed by atoms with van der Waals surface area (Å²) in [7, 11) is 3.52. The van der Waals surface area contributed by atoms with E-state index in [0.29, 0.717) is 4.91 Å². The zero-order chi connectivity index (χ0) is 16.1. The van der Waals surface area contributed by atoms with Gasteiger partial charge in [-0.2, -0.15) is 0 Å². The molecule has 0 fully saturated rings. The number of thioether (sulfide) groups is 1. The van der Waals surface area contributed by atoms with Crippen molar-refractivity contribution < 1.29 is 4.79 Å². The van der Waals surface area contributed by atoms with Crippen LogP contribution in [0.3, 0.4) is 0 Å². The highest BCUT2D eigenvalue weighted by Gasteiger charge is 2.25. The third kappa shape index (κ3) is 2.08. The van der Waals surface area contributed by atoms with Crippen LogP contribution in [0, 0.1) is 0 Å². The quantitative estimate of drug-likeness (QED) is 0.646. The van der Waals surface area contributed by atoms with Crippen LogP contribution < -0.4 is 5.69 Å². The Kier molecular flexibility index (Phi) is 3.06. The lowest BCUT2D eigenvalue weighted by atomic mass is 10.1. The molecule has 0 amide bonds. The van der Waals surface area contributed by atoms with Crippen LogP contribution in [0.2, 0.25) is 0 Å². The van der Waals surface area contributed by atoms with Crippen LogP contribution >= 0.6 is 11.8 Å². The number of rotatable bonds is 1. The second-order valence-electron chi connectivity index (χ2n) is 5.58. The number of hydrogen-bond donors (Lipinski definition) is 0. The summed E-state index contributed by atoms with van der Waals surface area (Å²) in [5, 5.41) is 0. The number of ketones is 1. The molecular weight excluding hydrogens is 308 g/mol. The number of Topliss-reactive ketones (excluding diaryl/α,β-unsaturated/α-hetero) is 1. The highest BCUT2D eigenvalue weighted by atomic mass is 32.2. The molecule has 0 N–H and O–H groups in total. The highest BCUT2D eigenvalue weighted by molar-refractivity contribution is 8.04. The van der Waals surface area contributed by atoms with E-state index in [0.717, 1.165) is 27.1 Å². The van der Waals surface area contributed by atoms with E-state index in [1.807, 2.05) is 48.5 Å². The van der Waals surface area contributed by atoms with E-state index in [1.165, 1.54) is 11.8 Å². The number of fused-ring (bicyclic) bond motifs is 2. The Balaban J connectivity index is 1.81. The summed E-state index contributed by atoms with van der Waals surface area (Å²) in [6.45, 7) is 0. The van der Waals surface area contributed by atoms with Gasteiger partial charge in [0.1, 0.15) is 0 Å². The molecule has 0 saturated carbocycles. The largest absolute Gasteiger partial charge is 0.328 e. The summed E-state index contributed by atoms with van der Waals surface area (Å²) in [6, 6.07) is 13.4. The Morgan fingerprint density at radius 3 is 2.48 bits per heavy atom. The van der Waals surface area contributed by atoms with Gasteiger partial charge in [0.05, 0.1) is 15.9 Å². The second kappa shape index (κ2) is 4.99. The molecule has 0 radical (unpaired) electrons. The number of imidazole rings is 1. The van der Waals surface area contributed by atoms with Gasteiger partial charge in [-0.1, -0.05) is 30.0 Å². The summed E-state index contributed by atoms with van der Waals surface area (Å²) in [5.74, 6) is 0.0626. The molecule has 0 atom stereocenters. The highest BCUT2D eigenvalue weighted by Crippen LogP contribution is 2.40. The monoisotopic (exact) mass is 322 g/mol. The minimum absolute atomic E-state index is 0.0523. The molecule has 4 rings (SSSR count). The van der Waals surface area contributed by atoms with Crippen molar-refractivity contribution in [1.29, 1.82) is 0 Å². The fraction of sp³-hybridized carbons (Fsp3) is 0.111. The molecule has 5 heteroatoms. The van der Waals surface area contributed by atoms with E-state index >= 15 is 0 Å². The molecule has 114 valence electrons. The van der Waals surface area contributed by atoms with E-state index in [-0.39, 0.29) is 11.5 Å². The van der Waals surface area contributed by atoms with Crippen molar-refractivity contribution in [2.24, 2.45) is 14.1 Å². The predicted octanol–water partition coefficient (Wildman–Crippen LogP) is 3.21. The second-order valence-corrected chi connectivity index (χ2v) is 6.67. The van der Waals surface area contributed by atoms with Gasteiger partial charge in [0, 0.05) is 24.6 Å². The Morgan fingerprint density at radius 1 is 0.957 bits per heavy atom. The van der Waals surface area contributed by atoms with Gasteiger partial charge in [-0.3, -0.25) is 13.9 Å². The van der Waals surface area contributed by atoms with Crippen molar-refractivity contribution in [1.82, 2.24) is 9.13 Å². The minimum atomic E-state index is -0.0523. The van der Waals surface area contributed by atoms with Gasteiger partial charge in [-0.15, -0.1) is 0 Å². The average Bonchev–Trinajstić information content (AvgIpc) is 2.99. The van der Waals surface area contributed by atoms with E-state index in [1.54, 1.807) is 23.2 Å². The van der Waals surface area contributed by atoms with Crippen LogP contribution in [0.15, 0.2) is 57.1 Å². The third-order valence-electron chi connectivity index (χ3n) is 4.17. The number of carbonyl (C=O) groups is 1. The maximum absolute atomic E-state index is 12.4. The fourth-order valence-electron chi connectivity index (χ4n) is 2.90. The summed E-state index contributed by atoms with van der Waals surface area (Å²) >= 11 is 1.49. The molecule has 1 aliphatic heterocycles. The number of nitrogens with zero attached hydrogens (tertiary/aromatic N) is 2. The van der Waals surface area contributed by atoms with Gasteiger partial charge in [0.25, 0.3) is 0 Å². The number of hydrogen-bond acceptors (Lipinski definition) is 3. The Labute approximate surface area is 137 Å². The van der Waals surface area contributed by atoms with Crippen LogP contribution in [-0.4, -0.2) is 14.9 Å². The summed E-state index contributed by atoms with van der Waals surface area (Å²) in [4.78, 5) is 26.1. The molecule has 4 nitrogen and oxygen atoms in total. The topological polar surface area (TPSA) is 44.0 Å². The van der Waals surface area contributed by atoms with Gasteiger partial charge in [-0.25, -0.2) is 4.79 Å². The van der Waals surface area contributed by atoms with Crippen LogP contribution in [0.5, 0.6) is 0 Å². The predicted molar refractivity (Wildman–Crippen MR) is 92.8 cm³/mol. The Morgan fingerprint density at radius 2 is 1.70 bits per heavy atom. The average molecular weight is 322 g/mol. The molecule has 0 saturated heterocycles. The fourth-order valence-corrected chi connectivity index (χ4v) is 3.95. The van der Waals surface area contributed by atoms with Crippen molar-refractivity contribution in [3.8, 4) is 0 Å². The molecule has 0 spiro atoms. The number of aromatic nitrogens is 2. The van der Waals surface area contributed by atoms with Crippen molar-refractivity contribution in [2.75, 3.05) is 0 Å². The third-order valence-corrected chi connectivity index (χ3v) is 5.27. The van der Waals surface area contributed by atoms with Gasteiger partial charge in [0.2, 0.25) is 5.78 Å². The molecule has 0 unspecified atom stereocenters. The summed E-state index contributed by atoms with van der Waals surface area (Å²) < 4.78 is 3.24. The molecular formula is C18H14N2O2S. The maximum Gasteiger partial charge on any atom is 0.328 e. The van der Waals surface area contributed by atoms with E-state index in [9.17, 15) is 9.59 Å². The first-order valence-corrected chi connectivity index (χ1v) is 8.06. The van der Waals surface area contributed by atoms with Crippen LogP contribution in [0.4, 0.5) is 0 Å². The normalized spacial score (nSPS) is 15.6. The first kappa shape index (κ1) is 14.1. The smallest absolute Gasteiger partial charge is 0.295 e. The maximum atomic E-state index is 12.4. The molecule has 1 aliphatic rings. The molecule has 0 aliphatic carbocycles. The Hall–Kier alpha value is -2.53. The molecule has 23 heavy (non-hydrogen) atoms. The summed E-state index contributed by atoms with van der Waals surface area (Å²) in [6.07, 6.45) is 1.89. The molecule has 2 heterocycles. The number of allylic oxidation sites excluding steroid dienone is 1. The lowest BCUT2D eigenvalue weighted by Crippen LogP contribution is -2.19. The number of carbonyl (C=O) groups excluding carboxylic acids is 1. The van der Waals surface area contributed by atoms with E-state index in [4.69, 9.17) is 0 Å². The molecule has 2 aromatic carbocycles. The zero-order valence-corrected chi connectivity index (χ0v) is 13.6. The van der Waals surface area contributed by atoms with Crippen LogP contribution in [-0.2, 0) is 14.1 Å². The SMILES string of the molecule is Cn1c(=O)n(C)c2cc(/C=C3\Sc4ccccc4C3=O)ccc21. The number of aryl methyl sites for hydroxylation is 2. The lowest BCUT2D eigenvalue weighted by Gasteiger charge is -1.99. The molecule has 3 aromatic rings. The van der Waals surface area contributed by atoms with Gasteiger partial charge in [-0.05, 0) is 35.9 Å². The zero-order valence-electron chi connectivity index (χ0n) is 12.7. The van der Waals surface area contributed by atoms with Gasteiger partial charge < -0.3 is 0 Å². The lowest BCUT2D eigenvalue weighted by molar-refractivity contribution is 0.104. The van der Waals surface area contributed by atoms with Crippen molar-refractivity contribution in [3.05, 3.63) is 69.0 Å². The van der Waals surface area contributed by atoms with E-state index in [2.05, 4.69) is 0 Å². The number of benzene rings is 2. The van der Waals surface area contributed by atoms with Gasteiger partial charge >= 0.3 is 5.69 Å². The molecule has 1 aromatic heterocycles. The van der Waals surface area contributed by atoms with Crippen LogP contribution in [0.1, 0.15) is 15.9 Å². The van der Waals surface area contributed by atoms with Gasteiger partial charge in [0.15, 0.2) is 0 Å². The van der Waals surface area contributed by atoms with Crippen LogP contribution in [0.25, 0.3) is 17.1 Å². The summed E-state index contributed by atoms with van der Waals surface area (Å²) in [5.41, 5.74) is 3.37. The Bertz CT molecular complexity index is 1060. The molecule has 0 bridgehead atoms. The first-order valence-electron chi connectivity index (χ1n) is 7.25. The standard InChI is InChI=1S/C18H14N2O2S/c1-19-13-8-7-11(9-14(13)20(2)18(19)22)10-16-17(21)12-5-3-4-6-15(12)23-16/h3-10H,1-2H3/b16-10-.